The average Bonchev–Trinajstić information content (AvgIpc) is 2.76. The fraction of sp³-hybridized carbons (Fsp3) is 0.435. The molecule has 2 aromatic heterocycles. The van der Waals surface area contributed by atoms with Gasteiger partial charge < -0.3 is 24.1 Å². The molecular formula is C23H28ClN5O3S. The SMILES string of the molecule is C[C@@H]1C[C@H](C)CN(c2ncc(Cl)c(Nc3ccc4c(c3)cc(OC[S@+](C)[O-])c(=O)n4C)n2)C1. The van der Waals surface area contributed by atoms with Gasteiger partial charge in [-0.15, -0.1) is 0 Å². The maximum Gasteiger partial charge on any atom is 0.293 e. The van der Waals surface area contributed by atoms with E-state index < -0.39 is 11.2 Å². The molecule has 0 amide bonds. The average molecular weight is 490 g/mol. The summed E-state index contributed by atoms with van der Waals surface area (Å²) in [5, 5.41) is 4.50. The minimum absolute atomic E-state index is 0.0360. The molecule has 3 heterocycles. The molecule has 176 valence electrons. The number of nitrogens with zero attached hydrogens (tertiary/aromatic N) is 4. The highest BCUT2D eigenvalue weighted by molar-refractivity contribution is 7.90. The number of pyridine rings is 1. The Morgan fingerprint density at radius 2 is 2.00 bits per heavy atom. The first-order valence-electron chi connectivity index (χ1n) is 10.8. The quantitative estimate of drug-likeness (QED) is 0.524. The number of rotatable bonds is 6. The highest BCUT2D eigenvalue weighted by Crippen LogP contribution is 2.29. The Morgan fingerprint density at radius 3 is 2.70 bits per heavy atom. The Balaban J connectivity index is 1.63. The summed E-state index contributed by atoms with van der Waals surface area (Å²) < 4.78 is 18.4. The van der Waals surface area contributed by atoms with Gasteiger partial charge in [-0.1, -0.05) is 25.4 Å². The number of halogens is 1. The fourth-order valence-electron chi connectivity index (χ4n) is 4.34. The molecule has 1 fully saturated rings. The number of aromatic nitrogens is 3. The zero-order valence-corrected chi connectivity index (χ0v) is 20.7. The normalized spacial score (nSPS) is 19.5. The minimum Gasteiger partial charge on any atom is -0.614 e. The van der Waals surface area contributed by atoms with Crippen molar-refractivity contribution < 1.29 is 9.29 Å². The summed E-state index contributed by atoms with van der Waals surface area (Å²) >= 11 is 5.23. The van der Waals surface area contributed by atoms with Crippen LogP contribution < -0.4 is 20.5 Å². The van der Waals surface area contributed by atoms with E-state index in [4.69, 9.17) is 21.3 Å². The number of hydrogen-bond acceptors (Lipinski definition) is 7. The van der Waals surface area contributed by atoms with Gasteiger partial charge in [-0.3, -0.25) is 4.79 Å². The lowest BCUT2D eigenvalue weighted by atomic mass is 9.92. The van der Waals surface area contributed by atoms with Crippen molar-refractivity contribution in [2.45, 2.75) is 20.3 Å². The molecule has 1 aliphatic heterocycles. The third-order valence-corrected chi connectivity index (χ3v) is 6.44. The Bertz CT molecular complexity index is 1210. The van der Waals surface area contributed by atoms with Crippen LogP contribution in [0.25, 0.3) is 10.9 Å². The van der Waals surface area contributed by atoms with E-state index >= 15 is 0 Å². The van der Waals surface area contributed by atoms with Crippen LogP contribution in [0.1, 0.15) is 20.3 Å². The predicted octanol–water partition coefficient (Wildman–Crippen LogP) is 3.92. The van der Waals surface area contributed by atoms with Crippen LogP contribution in [0, 0.1) is 11.8 Å². The molecule has 3 aromatic rings. The second-order valence-corrected chi connectivity index (χ2v) is 10.6. The van der Waals surface area contributed by atoms with Crippen LogP contribution in [0.5, 0.6) is 5.75 Å². The van der Waals surface area contributed by atoms with Gasteiger partial charge in [0.15, 0.2) is 11.6 Å². The van der Waals surface area contributed by atoms with Crippen LogP contribution >= 0.6 is 11.6 Å². The van der Waals surface area contributed by atoms with Crippen molar-refractivity contribution in [3.8, 4) is 5.75 Å². The number of fused-ring (bicyclic) bond motifs is 1. The summed E-state index contributed by atoms with van der Waals surface area (Å²) in [6, 6.07) is 7.28. The number of ether oxygens (including phenoxy) is 1. The molecule has 0 aliphatic carbocycles. The molecule has 4 rings (SSSR count). The molecule has 0 bridgehead atoms. The lowest BCUT2D eigenvalue weighted by Crippen LogP contribution is -2.39. The third kappa shape index (κ3) is 5.37. The molecular weight excluding hydrogens is 462 g/mol. The smallest absolute Gasteiger partial charge is 0.293 e. The first kappa shape index (κ1) is 23.7. The van der Waals surface area contributed by atoms with Crippen LogP contribution in [0.2, 0.25) is 5.02 Å². The summed E-state index contributed by atoms with van der Waals surface area (Å²) in [7, 11) is 1.68. The Labute approximate surface area is 201 Å². The summed E-state index contributed by atoms with van der Waals surface area (Å²) in [5.41, 5.74) is 1.24. The molecule has 1 N–H and O–H groups in total. The Morgan fingerprint density at radius 1 is 1.27 bits per heavy atom. The van der Waals surface area contributed by atoms with Gasteiger partial charge in [-0.2, -0.15) is 4.98 Å². The molecule has 8 nitrogen and oxygen atoms in total. The van der Waals surface area contributed by atoms with Gasteiger partial charge in [0.25, 0.3) is 5.56 Å². The molecule has 0 spiro atoms. The standard InChI is InChI=1S/C23H28ClN5O3S/c1-14-7-15(2)12-29(11-14)23-25-10-18(24)21(27-23)26-17-5-6-19-16(8-17)9-20(22(30)28(19)3)32-13-33(4)31/h5-6,8-10,14-15H,7,11-13H2,1-4H3,(H,25,26,27)/t14-,15+,33-/m0/s1. The van der Waals surface area contributed by atoms with Crippen molar-refractivity contribution >= 4 is 51.1 Å². The van der Waals surface area contributed by atoms with E-state index in [-0.39, 0.29) is 17.2 Å². The third-order valence-electron chi connectivity index (χ3n) is 5.72. The molecule has 1 aromatic carbocycles. The van der Waals surface area contributed by atoms with Gasteiger partial charge in [-0.05, 0) is 53.7 Å². The maximum atomic E-state index is 12.5. The van der Waals surface area contributed by atoms with Crippen molar-refractivity contribution in [2.75, 3.05) is 35.5 Å². The molecule has 10 heteroatoms. The number of nitrogens with one attached hydrogen (secondary N) is 1. The minimum atomic E-state index is -1.17. The number of piperidine rings is 1. The van der Waals surface area contributed by atoms with Gasteiger partial charge >= 0.3 is 0 Å². The van der Waals surface area contributed by atoms with Crippen LogP contribution in [0.3, 0.4) is 0 Å². The highest BCUT2D eigenvalue weighted by atomic mass is 35.5. The van der Waals surface area contributed by atoms with E-state index in [1.807, 2.05) is 18.2 Å². The van der Waals surface area contributed by atoms with E-state index in [1.54, 1.807) is 19.3 Å². The maximum absolute atomic E-state index is 12.5. The van der Waals surface area contributed by atoms with Crippen LogP contribution in [-0.4, -0.2) is 44.4 Å². The summed E-state index contributed by atoms with van der Waals surface area (Å²) in [6.07, 6.45) is 4.35. The van der Waals surface area contributed by atoms with E-state index in [1.165, 1.54) is 17.2 Å². The molecule has 1 saturated heterocycles. The molecule has 0 radical (unpaired) electrons. The van der Waals surface area contributed by atoms with Gasteiger partial charge in [0.1, 0.15) is 5.02 Å². The number of benzene rings is 1. The first-order chi connectivity index (χ1) is 15.7. The van der Waals surface area contributed by atoms with E-state index in [2.05, 4.69) is 29.0 Å². The van der Waals surface area contributed by atoms with E-state index in [9.17, 15) is 9.35 Å². The largest absolute Gasteiger partial charge is 0.614 e. The summed E-state index contributed by atoms with van der Waals surface area (Å²) in [4.78, 5) is 23.9. The summed E-state index contributed by atoms with van der Waals surface area (Å²) in [5.74, 6) is 2.47. The van der Waals surface area contributed by atoms with E-state index in [0.717, 1.165) is 29.7 Å². The van der Waals surface area contributed by atoms with Crippen molar-refractivity contribution in [1.82, 2.24) is 14.5 Å². The first-order valence-corrected chi connectivity index (χ1v) is 12.9. The Hall–Kier alpha value is -2.49. The fourth-order valence-corrected chi connectivity index (χ4v) is 4.77. The molecule has 0 unspecified atom stereocenters. The summed E-state index contributed by atoms with van der Waals surface area (Å²) in [6.45, 7) is 6.33. The zero-order valence-electron chi connectivity index (χ0n) is 19.2. The highest BCUT2D eigenvalue weighted by Gasteiger charge is 2.24. The lowest BCUT2D eigenvalue weighted by molar-refractivity contribution is 0.353. The van der Waals surface area contributed by atoms with Crippen molar-refractivity contribution in [2.24, 2.45) is 18.9 Å². The molecule has 0 saturated carbocycles. The van der Waals surface area contributed by atoms with Gasteiger partial charge in [0.2, 0.25) is 11.9 Å². The van der Waals surface area contributed by atoms with Crippen molar-refractivity contribution in [3.05, 3.63) is 45.8 Å². The second-order valence-electron chi connectivity index (χ2n) is 8.82. The topological polar surface area (TPSA) is 95.3 Å². The lowest BCUT2D eigenvalue weighted by Gasteiger charge is -2.35. The number of anilines is 3. The Kier molecular flexibility index (Phi) is 7.02. The zero-order chi connectivity index (χ0) is 23.7. The number of hydrogen-bond donors (Lipinski definition) is 1. The monoisotopic (exact) mass is 489 g/mol. The van der Waals surface area contributed by atoms with Crippen LogP contribution in [0.15, 0.2) is 35.3 Å². The predicted molar refractivity (Wildman–Crippen MR) is 134 cm³/mol. The number of aryl methyl sites for hydroxylation is 1. The van der Waals surface area contributed by atoms with Gasteiger partial charge in [0, 0.05) is 31.2 Å². The molecule has 33 heavy (non-hydrogen) atoms. The molecule has 3 atom stereocenters. The van der Waals surface area contributed by atoms with Crippen molar-refractivity contribution in [3.63, 3.8) is 0 Å². The van der Waals surface area contributed by atoms with Crippen LogP contribution in [-0.2, 0) is 18.2 Å². The van der Waals surface area contributed by atoms with Gasteiger partial charge in [-0.25, -0.2) is 4.98 Å². The van der Waals surface area contributed by atoms with Crippen LogP contribution in [0.4, 0.5) is 17.5 Å². The van der Waals surface area contributed by atoms with Crippen molar-refractivity contribution in [1.29, 1.82) is 0 Å². The molecule has 1 aliphatic rings. The second kappa shape index (κ2) is 9.79. The van der Waals surface area contributed by atoms with E-state index in [0.29, 0.717) is 28.6 Å². The van der Waals surface area contributed by atoms with Gasteiger partial charge in [0.05, 0.1) is 18.0 Å².